The molecule has 1 aromatic heterocycles. The van der Waals surface area contributed by atoms with Crippen LogP contribution in [0.1, 0.15) is 26.5 Å². The Kier molecular flexibility index (Phi) is 7.50. The van der Waals surface area contributed by atoms with E-state index >= 15 is 0 Å². The van der Waals surface area contributed by atoms with E-state index in [4.69, 9.17) is 23.4 Å². The molecule has 11 heteroatoms. The number of hydrogen-bond acceptors (Lipinski definition) is 10. The molecule has 1 aromatic carbocycles. The van der Waals surface area contributed by atoms with Gasteiger partial charge in [-0.2, -0.15) is 0 Å². The zero-order valence-electron chi connectivity index (χ0n) is 17.7. The van der Waals surface area contributed by atoms with Crippen molar-refractivity contribution in [2.24, 2.45) is 0 Å². The molecule has 1 aliphatic heterocycles. The summed E-state index contributed by atoms with van der Waals surface area (Å²) in [5.41, 5.74) is -0.664. The summed E-state index contributed by atoms with van der Waals surface area (Å²) in [5, 5.41) is 0.371. The fraction of sp³-hybridized carbons (Fsp3) is 0.429. The molecule has 1 saturated heterocycles. The summed E-state index contributed by atoms with van der Waals surface area (Å²) < 4.78 is 28.1. The van der Waals surface area contributed by atoms with Crippen LogP contribution < -0.4 is 10.2 Å². The van der Waals surface area contributed by atoms with Gasteiger partial charge in [-0.1, -0.05) is 0 Å². The number of thioether (sulfide) groups is 1. The predicted molar refractivity (Wildman–Crippen MR) is 118 cm³/mol. The zero-order valence-corrected chi connectivity index (χ0v) is 20.1. The molecule has 0 amide bonds. The van der Waals surface area contributed by atoms with Gasteiger partial charge in [0.25, 0.3) is 0 Å². The van der Waals surface area contributed by atoms with Crippen LogP contribution in [0.4, 0.5) is 0 Å². The molecule has 2 heterocycles. The van der Waals surface area contributed by atoms with Crippen LogP contribution in [0.25, 0.3) is 11.0 Å². The molecule has 2 aromatic rings. The topological polar surface area (TPSA) is 118 Å². The number of fused-ring (bicyclic) bond motifs is 1. The summed E-state index contributed by atoms with van der Waals surface area (Å²) >= 11 is 4.45. The Balaban J connectivity index is 1.93. The average molecular weight is 529 g/mol. The maximum absolute atomic E-state index is 12.4. The van der Waals surface area contributed by atoms with E-state index in [9.17, 15) is 19.2 Å². The third-order valence-corrected chi connectivity index (χ3v) is 6.66. The molecule has 0 saturated carbocycles. The average Bonchev–Trinajstić information content (AvgIpc) is 2.69. The maximum Gasteiger partial charge on any atom is 0.303 e. The van der Waals surface area contributed by atoms with Crippen LogP contribution in [-0.4, -0.2) is 47.4 Å². The van der Waals surface area contributed by atoms with Crippen LogP contribution in [-0.2, 0) is 28.6 Å². The first kappa shape index (κ1) is 24.1. The van der Waals surface area contributed by atoms with Gasteiger partial charge in [0.2, 0.25) is 5.43 Å². The van der Waals surface area contributed by atoms with Gasteiger partial charge in [-0.25, -0.2) is 0 Å². The monoisotopic (exact) mass is 528 g/mol. The molecule has 0 radical (unpaired) electrons. The number of rotatable bonds is 5. The summed E-state index contributed by atoms with van der Waals surface area (Å²) in [4.78, 5) is 47.3. The van der Waals surface area contributed by atoms with Crippen molar-refractivity contribution in [2.75, 3.05) is 5.75 Å². The smallest absolute Gasteiger partial charge is 0.303 e. The van der Waals surface area contributed by atoms with E-state index in [0.29, 0.717) is 27.0 Å². The second-order valence-electron chi connectivity index (χ2n) is 7.07. The first-order valence-electron chi connectivity index (χ1n) is 9.59. The quantitative estimate of drug-likeness (QED) is 0.422. The highest BCUT2D eigenvalue weighted by atomic mass is 79.9. The number of halogens is 1. The molecule has 9 nitrogen and oxygen atoms in total. The van der Waals surface area contributed by atoms with Crippen molar-refractivity contribution in [1.82, 2.24) is 0 Å². The van der Waals surface area contributed by atoms with Crippen LogP contribution in [0.5, 0.6) is 5.75 Å². The molecule has 4 atom stereocenters. The molecule has 172 valence electrons. The summed E-state index contributed by atoms with van der Waals surface area (Å²) in [6, 6.07) is 4.71. The van der Waals surface area contributed by atoms with Crippen molar-refractivity contribution in [3.63, 3.8) is 0 Å². The lowest BCUT2D eigenvalue weighted by molar-refractivity contribution is -0.186. The molecule has 0 unspecified atom stereocenters. The number of benzene rings is 1. The minimum atomic E-state index is -1.05. The fourth-order valence-corrected chi connectivity index (χ4v) is 4.79. The molecular weight excluding hydrogens is 508 g/mol. The van der Waals surface area contributed by atoms with Gasteiger partial charge in [0.1, 0.15) is 21.6 Å². The number of hydrogen-bond donors (Lipinski definition) is 0. The Bertz CT molecular complexity index is 1110. The van der Waals surface area contributed by atoms with E-state index < -0.39 is 41.7 Å². The predicted octanol–water partition coefficient (Wildman–Crippen LogP) is 3.11. The fourth-order valence-electron chi connectivity index (χ4n) is 3.28. The molecule has 1 fully saturated rings. The highest BCUT2D eigenvalue weighted by molar-refractivity contribution is 9.10. The van der Waals surface area contributed by atoms with E-state index in [1.54, 1.807) is 25.1 Å². The minimum Gasteiger partial charge on any atom is -0.476 e. The van der Waals surface area contributed by atoms with Crippen molar-refractivity contribution in [3.05, 3.63) is 38.7 Å². The molecule has 0 aliphatic carbocycles. The van der Waals surface area contributed by atoms with Crippen LogP contribution in [0.2, 0.25) is 0 Å². The van der Waals surface area contributed by atoms with E-state index in [1.165, 1.54) is 32.5 Å². The summed E-state index contributed by atoms with van der Waals surface area (Å²) in [5.74, 6) is -0.777. The molecule has 1 aliphatic rings. The van der Waals surface area contributed by atoms with Crippen LogP contribution in [0, 0.1) is 6.92 Å². The first-order chi connectivity index (χ1) is 15.1. The summed E-state index contributed by atoms with van der Waals surface area (Å²) in [6.45, 7) is 5.32. The van der Waals surface area contributed by atoms with Crippen molar-refractivity contribution in [1.29, 1.82) is 0 Å². The minimum absolute atomic E-state index is 0.209. The SMILES string of the molecule is CC(=O)O[C@@H]1[C@@H](OC(C)=O)[C@@H](Oc2ccc3c(=O)c(Br)c(C)oc3c2)SC[C@H]1OC(C)=O. The van der Waals surface area contributed by atoms with Crippen molar-refractivity contribution >= 4 is 56.6 Å². The molecule has 0 bridgehead atoms. The lowest BCUT2D eigenvalue weighted by atomic mass is 10.1. The van der Waals surface area contributed by atoms with Gasteiger partial charge in [-0.15, -0.1) is 11.8 Å². The molecule has 0 spiro atoms. The van der Waals surface area contributed by atoms with Crippen LogP contribution in [0.15, 0.2) is 31.9 Å². The van der Waals surface area contributed by atoms with Gasteiger partial charge in [0, 0.05) is 32.6 Å². The first-order valence-corrected chi connectivity index (χ1v) is 11.4. The zero-order chi connectivity index (χ0) is 23.6. The second-order valence-corrected chi connectivity index (χ2v) is 9.00. The maximum atomic E-state index is 12.4. The van der Waals surface area contributed by atoms with Gasteiger partial charge in [-0.05, 0) is 35.0 Å². The molecule has 0 N–H and O–H groups in total. The standard InChI is InChI=1S/C21H21BrO9S/c1-9-17(22)18(26)14-6-5-13(7-15(14)27-9)31-21-20(30-12(4)25)19(29-11(3)24)16(8-32-21)28-10(2)23/h5-7,16,19-21H,8H2,1-4H3/t16-,19+,20-,21+/m1/s1. The van der Waals surface area contributed by atoms with E-state index in [2.05, 4.69) is 15.9 Å². The number of carbonyl (C=O) groups is 3. The lowest BCUT2D eigenvalue weighted by Gasteiger charge is -2.39. The normalized spacial score (nSPS) is 22.8. The van der Waals surface area contributed by atoms with Crippen molar-refractivity contribution in [3.8, 4) is 5.75 Å². The van der Waals surface area contributed by atoms with E-state index in [0.717, 1.165) is 0 Å². The largest absolute Gasteiger partial charge is 0.476 e. The van der Waals surface area contributed by atoms with Crippen molar-refractivity contribution in [2.45, 2.75) is 51.4 Å². The number of aryl methyl sites for hydroxylation is 1. The van der Waals surface area contributed by atoms with Crippen LogP contribution >= 0.6 is 27.7 Å². The summed E-state index contributed by atoms with van der Waals surface area (Å²) in [7, 11) is 0. The number of carbonyl (C=O) groups excluding carboxylic acids is 3. The van der Waals surface area contributed by atoms with Gasteiger partial charge >= 0.3 is 17.9 Å². The number of esters is 3. The second kappa shape index (κ2) is 9.95. The molecular formula is C21H21BrO9S. The third kappa shape index (κ3) is 5.44. The third-order valence-electron chi connectivity index (χ3n) is 4.53. The molecule has 3 rings (SSSR count). The Morgan fingerprint density at radius 1 is 1.03 bits per heavy atom. The van der Waals surface area contributed by atoms with E-state index in [-0.39, 0.29) is 11.2 Å². The molecule has 32 heavy (non-hydrogen) atoms. The van der Waals surface area contributed by atoms with Gasteiger partial charge in [0.05, 0.1) is 5.39 Å². The Hall–Kier alpha value is -2.53. The summed E-state index contributed by atoms with van der Waals surface area (Å²) in [6.07, 6.45) is -2.92. The number of ether oxygens (including phenoxy) is 4. The van der Waals surface area contributed by atoms with Gasteiger partial charge in [0.15, 0.2) is 23.7 Å². The van der Waals surface area contributed by atoms with Crippen molar-refractivity contribution < 1.29 is 37.7 Å². The Morgan fingerprint density at radius 2 is 1.66 bits per heavy atom. The van der Waals surface area contributed by atoms with Crippen LogP contribution in [0.3, 0.4) is 0 Å². The lowest BCUT2D eigenvalue weighted by Crippen LogP contribution is -2.55. The highest BCUT2D eigenvalue weighted by Gasteiger charge is 2.47. The highest BCUT2D eigenvalue weighted by Crippen LogP contribution is 2.35. The Morgan fingerprint density at radius 3 is 2.28 bits per heavy atom. The van der Waals surface area contributed by atoms with Gasteiger partial charge < -0.3 is 23.4 Å². The van der Waals surface area contributed by atoms with Gasteiger partial charge in [-0.3, -0.25) is 19.2 Å². The van der Waals surface area contributed by atoms with E-state index in [1.807, 2.05) is 0 Å². The Labute approximate surface area is 195 Å².